The summed E-state index contributed by atoms with van der Waals surface area (Å²) in [4.78, 5) is 0. The van der Waals surface area contributed by atoms with Gasteiger partial charge in [-0.1, -0.05) is 32.3 Å². The normalized spacial score (nSPS) is 21.8. The van der Waals surface area contributed by atoms with Gasteiger partial charge in [0.2, 0.25) is 0 Å². The Balaban J connectivity index is 1.78. The summed E-state index contributed by atoms with van der Waals surface area (Å²) in [7, 11) is 1.61. The average Bonchev–Trinajstić information content (AvgIpc) is 2.55. The molecule has 0 saturated heterocycles. The Morgan fingerprint density at radius 1 is 1.24 bits per heavy atom. The Labute approximate surface area is 128 Å². The number of methoxy groups -OCH3 is 1. The van der Waals surface area contributed by atoms with Gasteiger partial charge in [-0.05, 0) is 48.9 Å². The molecule has 0 atom stereocenters. The van der Waals surface area contributed by atoms with Gasteiger partial charge < -0.3 is 10.1 Å². The maximum Gasteiger partial charge on any atom is 0.136 e. The summed E-state index contributed by atoms with van der Waals surface area (Å²) in [6, 6.07) is 7.94. The van der Waals surface area contributed by atoms with Gasteiger partial charge in [-0.2, -0.15) is 5.26 Å². The molecule has 0 amide bonds. The van der Waals surface area contributed by atoms with Crippen molar-refractivity contribution in [2.75, 3.05) is 13.7 Å². The largest absolute Gasteiger partial charge is 0.495 e. The molecule has 1 aliphatic rings. The Bertz CT molecular complexity index is 484. The van der Waals surface area contributed by atoms with Crippen molar-refractivity contribution < 1.29 is 4.74 Å². The molecule has 1 aliphatic carbocycles. The van der Waals surface area contributed by atoms with E-state index in [2.05, 4.69) is 18.3 Å². The zero-order chi connectivity index (χ0) is 15.1. The summed E-state index contributed by atoms with van der Waals surface area (Å²) in [6.45, 7) is 4.25. The maximum atomic E-state index is 8.98. The highest BCUT2D eigenvalue weighted by Crippen LogP contribution is 2.30. The molecule has 1 aromatic rings. The van der Waals surface area contributed by atoms with Gasteiger partial charge in [-0.15, -0.1) is 0 Å². The molecule has 1 fully saturated rings. The number of hydrogen-bond acceptors (Lipinski definition) is 3. The smallest absolute Gasteiger partial charge is 0.136 e. The minimum absolute atomic E-state index is 0.596. The fourth-order valence-electron chi connectivity index (χ4n) is 3.20. The lowest BCUT2D eigenvalue weighted by atomic mass is 9.81. The van der Waals surface area contributed by atoms with Crippen LogP contribution in [-0.2, 0) is 6.54 Å². The van der Waals surface area contributed by atoms with E-state index in [1.54, 1.807) is 7.11 Å². The third-order valence-electron chi connectivity index (χ3n) is 4.69. The summed E-state index contributed by atoms with van der Waals surface area (Å²) in [5, 5.41) is 12.5. The Morgan fingerprint density at radius 3 is 2.57 bits per heavy atom. The number of ether oxygens (including phenoxy) is 1. The van der Waals surface area contributed by atoms with Gasteiger partial charge in [0.05, 0.1) is 12.7 Å². The fraction of sp³-hybridized carbons (Fsp3) is 0.611. The van der Waals surface area contributed by atoms with E-state index in [-0.39, 0.29) is 0 Å². The lowest BCUT2D eigenvalue weighted by Crippen LogP contribution is -2.26. The SMILES string of the molecule is CCC1CCC(CNCc2ccc(C#N)c(OC)c2)CC1. The van der Waals surface area contributed by atoms with Crippen molar-refractivity contribution in [3.63, 3.8) is 0 Å². The molecule has 3 heteroatoms. The molecule has 0 aliphatic heterocycles. The molecule has 1 saturated carbocycles. The van der Waals surface area contributed by atoms with Crippen LogP contribution >= 0.6 is 0 Å². The lowest BCUT2D eigenvalue weighted by Gasteiger charge is -2.28. The zero-order valence-corrected chi connectivity index (χ0v) is 13.2. The van der Waals surface area contributed by atoms with E-state index in [0.717, 1.165) is 24.9 Å². The Morgan fingerprint density at radius 2 is 1.95 bits per heavy atom. The molecular formula is C18H26N2O. The highest BCUT2D eigenvalue weighted by Gasteiger charge is 2.19. The molecule has 1 aromatic carbocycles. The van der Waals surface area contributed by atoms with Crippen molar-refractivity contribution in [3.05, 3.63) is 29.3 Å². The minimum atomic E-state index is 0.596. The van der Waals surface area contributed by atoms with Crippen LogP contribution in [0.1, 0.15) is 50.2 Å². The van der Waals surface area contributed by atoms with Crippen molar-refractivity contribution in [1.29, 1.82) is 5.26 Å². The summed E-state index contributed by atoms with van der Waals surface area (Å²) >= 11 is 0. The molecule has 1 N–H and O–H groups in total. The molecule has 0 unspecified atom stereocenters. The third-order valence-corrected chi connectivity index (χ3v) is 4.69. The topological polar surface area (TPSA) is 45.0 Å². The summed E-state index contributed by atoms with van der Waals surface area (Å²) in [5.41, 5.74) is 1.77. The van der Waals surface area contributed by atoms with E-state index >= 15 is 0 Å². The van der Waals surface area contributed by atoms with Crippen LogP contribution in [-0.4, -0.2) is 13.7 Å². The first-order valence-electron chi connectivity index (χ1n) is 8.04. The molecule has 3 nitrogen and oxygen atoms in total. The number of benzene rings is 1. The lowest BCUT2D eigenvalue weighted by molar-refractivity contribution is 0.262. The van der Waals surface area contributed by atoms with Gasteiger partial charge in [-0.25, -0.2) is 0 Å². The van der Waals surface area contributed by atoms with Crippen LogP contribution in [0, 0.1) is 23.2 Å². The number of hydrogen-bond donors (Lipinski definition) is 1. The van der Waals surface area contributed by atoms with E-state index in [4.69, 9.17) is 10.00 Å². The van der Waals surface area contributed by atoms with Gasteiger partial charge in [0.25, 0.3) is 0 Å². The first-order chi connectivity index (χ1) is 10.3. The quantitative estimate of drug-likeness (QED) is 0.863. The fourth-order valence-corrected chi connectivity index (χ4v) is 3.20. The predicted molar refractivity (Wildman–Crippen MR) is 85.2 cm³/mol. The van der Waals surface area contributed by atoms with Crippen molar-refractivity contribution in [2.45, 2.75) is 45.6 Å². The molecule has 21 heavy (non-hydrogen) atoms. The van der Waals surface area contributed by atoms with Gasteiger partial charge in [0, 0.05) is 6.54 Å². The van der Waals surface area contributed by atoms with Crippen LogP contribution in [0.4, 0.5) is 0 Å². The number of nitriles is 1. The van der Waals surface area contributed by atoms with Crippen LogP contribution in [0.25, 0.3) is 0 Å². The zero-order valence-electron chi connectivity index (χ0n) is 13.2. The van der Waals surface area contributed by atoms with E-state index in [1.165, 1.54) is 37.7 Å². The second-order valence-electron chi connectivity index (χ2n) is 6.07. The van der Waals surface area contributed by atoms with Crippen LogP contribution < -0.4 is 10.1 Å². The van der Waals surface area contributed by atoms with Gasteiger partial charge in [-0.3, -0.25) is 0 Å². The highest BCUT2D eigenvalue weighted by molar-refractivity contribution is 5.45. The van der Waals surface area contributed by atoms with Crippen molar-refractivity contribution in [2.24, 2.45) is 11.8 Å². The molecule has 0 bridgehead atoms. The van der Waals surface area contributed by atoms with Gasteiger partial charge in [0.1, 0.15) is 11.8 Å². The second kappa shape index (κ2) is 8.05. The maximum absolute atomic E-state index is 8.98. The standard InChI is InChI=1S/C18H26N2O/c1-3-14-4-6-15(7-5-14)12-20-13-16-8-9-17(11-19)18(10-16)21-2/h8-10,14-15,20H,3-7,12-13H2,1-2H3. The molecule has 0 spiro atoms. The Kier molecular flexibility index (Phi) is 6.07. The van der Waals surface area contributed by atoms with Crippen molar-refractivity contribution >= 4 is 0 Å². The van der Waals surface area contributed by atoms with Crippen LogP contribution in [0.3, 0.4) is 0 Å². The number of rotatable bonds is 6. The van der Waals surface area contributed by atoms with E-state index in [0.29, 0.717) is 11.3 Å². The first-order valence-corrected chi connectivity index (χ1v) is 8.04. The van der Waals surface area contributed by atoms with Crippen molar-refractivity contribution in [3.8, 4) is 11.8 Å². The number of nitrogens with one attached hydrogen (secondary N) is 1. The predicted octanol–water partition coefficient (Wildman–Crippen LogP) is 3.87. The third kappa shape index (κ3) is 4.47. The molecule has 0 aromatic heterocycles. The molecule has 114 valence electrons. The summed E-state index contributed by atoms with van der Waals surface area (Å²) < 4.78 is 5.25. The first kappa shape index (κ1) is 15.9. The van der Waals surface area contributed by atoms with Crippen LogP contribution in [0.15, 0.2) is 18.2 Å². The molecule has 0 heterocycles. The summed E-state index contributed by atoms with van der Waals surface area (Å²) in [5.74, 6) is 2.46. The van der Waals surface area contributed by atoms with E-state index in [1.807, 2.05) is 18.2 Å². The van der Waals surface area contributed by atoms with Crippen molar-refractivity contribution in [1.82, 2.24) is 5.32 Å². The summed E-state index contributed by atoms with van der Waals surface area (Å²) in [6.07, 6.45) is 6.86. The Hall–Kier alpha value is -1.53. The second-order valence-corrected chi connectivity index (χ2v) is 6.07. The van der Waals surface area contributed by atoms with Gasteiger partial charge >= 0.3 is 0 Å². The van der Waals surface area contributed by atoms with Gasteiger partial charge in [0.15, 0.2) is 0 Å². The molecular weight excluding hydrogens is 260 g/mol. The van der Waals surface area contributed by atoms with Crippen LogP contribution in [0.5, 0.6) is 5.75 Å². The van der Waals surface area contributed by atoms with E-state index in [9.17, 15) is 0 Å². The monoisotopic (exact) mass is 286 g/mol. The molecule has 2 rings (SSSR count). The number of nitrogens with zero attached hydrogens (tertiary/aromatic N) is 1. The minimum Gasteiger partial charge on any atom is -0.495 e. The average molecular weight is 286 g/mol. The van der Waals surface area contributed by atoms with E-state index < -0.39 is 0 Å². The highest BCUT2D eigenvalue weighted by atomic mass is 16.5. The molecule has 0 radical (unpaired) electrons. The van der Waals surface area contributed by atoms with Crippen LogP contribution in [0.2, 0.25) is 0 Å².